The molecule has 114 valence electrons. The van der Waals surface area contributed by atoms with Crippen LogP contribution in [0, 0.1) is 0 Å². The zero-order valence-electron chi connectivity index (χ0n) is 11.7. The zero-order chi connectivity index (χ0) is 15.5. The first-order chi connectivity index (χ1) is 9.92. The van der Waals surface area contributed by atoms with E-state index in [4.69, 9.17) is 0 Å². The van der Waals surface area contributed by atoms with Crippen molar-refractivity contribution in [2.45, 2.75) is 12.2 Å². The molecular weight excluding hydrogens is 295 g/mol. The van der Waals surface area contributed by atoms with Gasteiger partial charge in [0.15, 0.2) is 0 Å². The van der Waals surface area contributed by atoms with Gasteiger partial charge in [-0.1, -0.05) is 18.2 Å². The molecule has 0 radical (unpaired) electrons. The van der Waals surface area contributed by atoms with Gasteiger partial charge in [0.2, 0.25) is 10.0 Å². The topological polar surface area (TPSA) is 66.5 Å². The van der Waals surface area contributed by atoms with E-state index in [9.17, 15) is 17.6 Å². The summed E-state index contributed by atoms with van der Waals surface area (Å²) < 4.78 is 38.8. The van der Waals surface area contributed by atoms with Crippen LogP contribution in [0.3, 0.4) is 0 Å². The summed E-state index contributed by atoms with van der Waals surface area (Å²) in [5.41, 5.74) is 1.03. The monoisotopic (exact) mass is 312 g/mol. The number of hydrogen-bond acceptors (Lipinski definition) is 3. The first-order valence-electron chi connectivity index (χ1n) is 6.56. The smallest absolute Gasteiger partial charge is 0.251 e. The fourth-order valence-corrected chi connectivity index (χ4v) is 3.61. The molecule has 0 bridgehead atoms. The zero-order valence-corrected chi connectivity index (χ0v) is 12.5. The van der Waals surface area contributed by atoms with Crippen molar-refractivity contribution in [1.29, 1.82) is 0 Å². The molecule has 1 amide bonds. The van der Waals surface area contributed by atoms with Gasteiger partial charge in [-0.2, -0.15) is 4.31 Å². The lowest BCUT2D eigenvalue weighted by molar-refractivity contribution is 0.0963. The van der Waals surface area contributed by atoms with Crippen LogP contribution in [0.5, 0.6) is 0 Å². The summed E-state index contributed by atoms with van der Waals surface area (Å²) in [4.78, 5) is 11.4. The lowest BCUT2D eigenvalue weighted by atomic mass is 10.1. The highest BCUT2D eigenvalue weighted by atomic mass is 32.2. The van der Waals surface area contributed by atoms with Crippen LogP contribution in [-0.4, -0.2) is 38.8 Å². The van der Waals surface area contributed by atoms with Crippen molar-refractivity contribution in [2.24, 2.45) is 0 Å². The first-order valence-corrected chi connectivity index (χ1v) is 8.16. The Balaban J connectivity index is 2.10. The molecule has 0 fully saturated rings. The third-order valence-electron chi connectivity index (χ3n) is 3.26. The molecule has 0 aromatic heterocycles. The van der Waals surface area contributed by atoms with Crippen LogP contribution in [-0.2, 0) is 15.8 Å². The molecule has 1 aliphatic heterocycles. The highest BCUT2D eigenvalue weighted by Gasteiger charge is 2.25. The Hall–Kier alpha value is -1.73. The van der Waals surface area contributed by atoms with Crippen LogP contribution in [0.4, 0.5) is 4.39 Å². The van der Waals surface area contributed by atoms with E-state index in [1.54, 1.807) is 24.3 Å². The predicted molar refractivity (Wildman–Crippen MR) is 77.8 cm³/mol. The van der Waals surface area contributed by atoms with Gasteiger partial charge in [-0.15, -0.1) is 0 Å². The van der Waals surface area contributed by atoms with Crippen LogP contribution in [0.1, 0.15) is 22.3 Å². The molecule has 1 aromatic rings. The van der Waals surface area contributed by atoms with Crippen molar-refractivity contribution in [3.8, 4) is 0 Å². The van der Waals surface area contributed by atoms with E-state index in [-0.39, 0.29) is 18.2 Å². The van der Waals surface area contributed by atoms with Crippen molar-refractivity contribution in [3.63, 3.8) is 0 Å². The molecule has 5 nitrogen and oxygen atoms in total. The second-order valence-corrected chi connectivity index (χ2v) is 6.77. The first kappa shape index (κ1) is 15.7. The third kappa shape index (κ3) is 3.89. The highest BCUT2D eigenvalue weighted by molar-refractivity contribution is 7.88. The van der Waals surface area contributed by atoms with Gasteiger partial charge in [-0.3, -0.25) is 4.79 Å². The van der Waals surface area contributed by atoms with Crippen LogP contribution >= 0.6 is 0 Å². The van der Waals surface area contributed by atoms with E-state index in [2.05, 4.69) is 5.32 Å². The van der Waals surface area contributed by atoms with Gasteiger partial charge in [0.25, 0.3) is 5.91 Å². The fraction of sp³-hybridized carbons (Fsp3) is 0.357. The Morgan fingerprint density at radius 3 is 2.57 bits per heavy atom. The van der Waals surface area contributed by atoms with Gasteiger partial charge in [0.1, 0.15) is 5.83 Å². The second kappa shape index (κ2) is 6.36. The third-order valence-corrected chi connectivity index (χ3v) is 5.05. The van der Waals surface area contributed by atoms with E-state index < -0.39 is 15.9 Å². The average Bonchev–Trinajstić information content (AvgIpc) is 2.47. The quantitative estimate of drug-likeness (QED) is 0.915. The Kier molecular flexibility index (Phi) is 4.74. The molecule has 1 aliphatic rings. The minimum Gasteiger partial charge on any atom is -0.355 e. The predicted octanol–water partition coefficient (Wildman–Crippen LogP) is 1.44. The standard InChI is InChI=1S/C14H17FN2O3S/c1-16-14(18)12-6-4-11(5-7-12)10-21(19,20)17-8-2-3-13(15)9-17/h3-7H,2,8-10H2,1H3,(H,16,18). The SMILES string of the molecule is CNC(=O)c1ccc(CS(=O)(=O)N2CCC=C(F)C2)cc1. The number of halogens is 1. The summed E-state index contributed by atoms with van der Waals surface area (Å²) in [7, 11) is -2.03. The summed E-state index contributed by atoms with van der Waals surface area (Å²) in [5.74, 6) is -0.846. The maximum absolute atomic E-state index is 13.2. The number of amides is 1. The number of rotatable bonds is 4. The lowest BCUT2D eigenvalue weighted by Crippen LogP contribution is -2.36. The van der Waals surface area contributed by atoms with Crippen molar-refractivity contribution in [2.75, 3.05) is 20.1 Å². The molecule has 0 unspecified atom stereocenters. The number of sulfonamides is 1. The fourth-order valence-electron chi connectivity index (χ4n) is 2.11. The molecule has 0 saturated carbocycles. The van der Waals surface area contributed by atoms with E-state index in [0.29, 0.717) is 24.1 Å². The molecule has 0 saturated heterocycles. The second-order valence-electron chi connectivity index (χ2n) is 4.81. The van der Waals surface area contributed by atoms with Crippen molar-refractivity contribution in [3.05, 3.63) is 47.3 Å². The Morgan fingerprint density at radius 2 is 2.00 bits per heavy atom. The minimum atomic E-state index is -3.56. The normalized spacial score (nSPS) is 16.4. The van der Waals surface area contributed by atoms with Crippen LogP contribution in [0.15, 0.2) is 36.2 Å². The molecule has 1 heterocycles. The van der Waals surface area contributed by atoms with Crippen molar-refractivity contribution in [1.82, 2.24) is 9.62 Å². The molecule has 0 atom stereocenters. The van der Waals surface area contributed by atoms with Crippen molar-refractivity contribution >= 4 is 15.9 Å². The summed E-state index contributed by atoms with van der Waals surface area (Å²) in [5, 5.41) is 2.49. The summed E-state index contributed by atoms with van der Waals surface area (Å²) >= 11 is 0. The molecule has 1 aromatic carbocycles. The van der Waals surface area contributed by atoms with Gasteiger partial charge in [-0.25, -0.2) is 12.8 Å². The number of hydrogen-bond donors (Lipinski definition) is 1. The Morgan fingerprint density at radius 1 is 1.33 bits per heavy atom. The Labute approximate surface area is 123 Å². The molecule has 7 heteroatoms. The van der Waals surface area contributed by atoms with Gasteiger partial charge < -0.3 is 5.32 Å². The van der Waals surface area contributed by atoms with Crippen LogP contribution in [0.25, 0.3) is 0 Å². The number of nitrogens with zero attached hydrogens (tertiary/aromatic N) is 1. The minimum absolute atomic E-state index is 0.196. The van der Waals surface area contributed by atoms with E-state index >= 15 is 0 Å². The molecule has 0 spiro atoms. The molecule has 2 rings (SSSR count). The van der Waals surface area contributed by atoms with Gasteiger partial charge in [-0.05, 0) is 24.1 Å². The lowest BCUT2D eigenvalue weighted by Gasteiger charge is -2.23. The molecule has 1 N–H and O–H groups in total. The van der Waals surface area contributed by atoms with Crippen LogP contribution in [0.2, 0.25) is 0 Å². The maximum atomic E-state index is 13.2. The molecule has 21 heavy (non-hydrogen) atoms. The van der Waals surface area contributed by atoms with Crippen molar-refractivity contribution < 1.29 is 17.6 Å². The van der Waals surface area contributed by atoms with Gasteiger partial charge in [0, 0.05) is 19.2 Å². The maximum Gasteiger partial charge on any atom is 0.251 e. The average molecular weight is 312 g/mol. The van der Waals surface area contributed by atoms with E-state index in [1.807, 2.05) is 0 Å². The van der Waals surface area contributed by atoms with Crippen LogP contribution < -0.4 is 5.32 Å². The summed E-state index contributed by atoms with van der Waals surface area (Å²) in [6.07, 6.45) is 1.80. The highest BCUT2D eigenvalue weighted by Crippen LogP contribution is 2.18. The summed E-state index contributed by atoms with van der Waals surface area (Å²) in [6, 6.07) is 6.33. The number of carbonyl (C=O) groups is 1. The van der Waals surface area contributed by atoms with Gasteiger partial charge >= 0.3 is 0 Å². The molecule has 0 aliphatic carbocycles. The Bertz CT molecular complexity index is 653. The summed E-state index contributed by atoms with van der Waals surface area (Å²) in [6.45, 7) is 0.102. The van der Waals surface area contributed by atoms with Gasteiger partial charge in [0.05, 0.1) is 12.3 Å². The number of carbonyl (C=O) groups excluding carboxylic acids is 1. The largest absolute Gasteiger partial charge is 0.355 e. The van der Waals surface area contributed by atoms with E-state index in [0.717, 1.165) is 4.31 Å². The number of nitrogens with one attached hydrogen (secondary N) is 1. The van der Waals surface area contributed by atoms with E-state index in [1.165, 1.54) is 13.1 Å². The number of benzene rings is 1. The molecular formula is C14H17FN2O3S.